The maximum atomic E-state index is 9.27. The lowest BCUT2D eigenvalue weighted by Gasteiger charge is -2.17. The summed E-state index contributed by atoms with van der Waals surface area (Å²) in [7, 11) is 0. The van der Waals surface area contributed by atoms with E-state index in [-0.39, 0.29) is 18.8 Å². The fraction of sp³-hybridized carbons (Fsp3) is 0.500. The van der Waals surface area contributed by atoms with Gasteiger partial charge in [-0.25, -0.2) is 0 Å². The molecule has 3 nitrogen and oxygen atoms in total. The third-order valence-electron chi connectivity index (χ3n) is 2.58. The average molecular weight is 243 g/mol. The number of hydrogen-bond acceptors (Lipinski definition) is 3. The van der Waals surface area contributed by atoms with Gasteiger partial charge in [0.15, 0.2) is 5.79 Å². The Hall–Kier alpha value is -0.610. The first-order valence-electron chi connectivity index (χ1n) is 5.24. The van der Waals surface area contributed by atoms with E-state index in [1.54, 1.807) is 6.07 Å². The van der Waals surface area contributed by atoms with Crippen LogP contribution in [0, 0.1) is 0 Å². The Bertz CT molecular complexity index is 378. The van der Waals surface area contributed by atoms with Gasteiger partial charge in [-0.3, -0.25) is 0 Å². The Morgan fingerprint density at radius 3 is 2.62 bits per heavy atom. The monoisotopic (exact) mass is 242 g/mol. The number of aliphatic hydroxyl groups excluding tert-OH is 1. The molecule has 0 saturated carbocycles. The summed E-state index contributed by atoms with van der Waals surface area (Å²) in [5.41, 5.74) is 0.855. The van der Waals surface area contributed by atoms with Crippen LogP contribution in [-0.4, -0.2) is 23.6 Å². The van der Waals surface area contributed by atoms with Crippen LogP contribution in [0.2, 0.25) is 5.02 Å². The fourth-order valence-corrected chi connectivity index (χ4v) is 2.18. The van der Waals surface area contributed by atoms with E-state index in [2.05, 4.69) is 0 Å². The van der Waals surface area contributed by atoms with Crippen molar-refractivity contribution in [2.24, 2.45) is 0 Å². The summed E-state index contributed by atoms with van der Waals surface area (Å²) in [6.45, 7) is 3.57. The van der Waals surface area contributed by atoms with E-state index in [0.29, 0.717) is 5.02 Å². The van der Waals surface area contributed by atoms with Crippen LogP contribution in [-0.2, 0) is 9.47 Å². The van der Waals surface area contributed by atoms with E-state index in [1.165, 1.54) is 0 Å². The number of rotatable bonds is 2. The zero-order valence-electron chi connectivity index (χ0n) is 9.31. The van der Waals surface area contributed by atoms with Crippen LogP contribution in [0.15, 0.2) is 24.3 Å². The van der Waals surface area contributed by atoms with E-state index < -0.39 is 5.79 Å². The standard InChI is InChI=1S/C12H15ClO3/c1-12(2)15-10(7-14)11(16-12)8-5-3-4-6-9(8)13/h3-6,10-11,14H,7H2,1-2H3/t10?,11-/m1/s1. The molecule has 88 valence electrons. The predicted molar refractivity (Wildman–Crippen MR) is 61.3 cm³/mol. The van der Waals surface area contributed by atoms with Crippen molar-refractivity contribution in [3.8, 4) is 0 Å². The minimum atomic E-state index is -0.683. The first-order chi connectivity index (χ1) is 7.53. The van der Waals surface area contributed by atoms with Crippen LogP contribution >= 0.6 is 11.6 Å². The average Bonchev–Trinajstić information content (AvgIpc) is 2.54. The minimum absolute atomic E-state index is 0.0840. The van der Waals surface area contributed by atoms with Gasteiger partial charge in [-0.15, -0.1) is 0 Å². The second kappa shape index (κ2) is 4.34. The van der Waals surface area contributed by atoms with Gasteiger partial charge in [0.1, 0.15) is 12.2 Å². The van der Waals surface area contributed by atoms with Gasteiger partial charge < -0.3 is 14.6 Å². The van der Waals surface area contributed by atoms with Gasteiger partial charge >= 0.3 is 0 Å². The number of ether oxygens (including phenoxy) is 2. The molecule has 0 radical (unpaired) electrons. The lowest BCUT2D eigenvalue weighted by molar-refractivity contribution is -0.149. The second-order valence-corrected chi connectivity index (χ2v) is 4.71. The highest BCUT2D eigenvalue weighted by Gasteiger charge is 2.42. The lowest BCUT2D eigenvalue weighted by atomic mass is 10.1. The van der Waals surface area contributed by atoms with Gasteiger partial charge in [0, 0.05) is 10.6 Å². The van der Waals surface area contributed by atoms with Crippen molar-refractivity contribution in [2.45, 2.75) is 31.8 Å². The van der Waals surface area contributed by atoms with E-state index in [9.17, 15) is 5.11 Å². The largest absolute Gasteiger partial charge is 0.394 e. The molecule has 0 bridgehead atoms. The first kappa shape index (κ1) is 11.9. The van der Waals surface area contributed by atoms with E-state index in [1.807, 2.05) is 32.0 Å². The zero-order valence-corrected chi connectivity index (χ0v) is 10.1. The van der Waals surface area contributed by atoms with E-state index in [0.717, 1.165) is 5.56 Å². The van der Waals surface area contributed by atoms with Crippen molar-refractivity contribution in [3.63, 3.8) is 0 Å². The molecule has 1 N–H and O–H groups in total. The number of aliphatic hydroxyl groups is 1. The van der Waals surface area contributed by atoms with Crippen molar-refractivity contribution >= 4 is 11.6 Å². The molecule has 2 rings (SSSR count). The van der Waals surface area contributed by atoms with Crippen molar-refractivity contribution in [1.29, 1.82) is 0 Å². The lowest BCUT2D eigenvalue weighted by Crippen LogP contribution is -2.23. The molecule has 1 heterocycles. The van der Waals surface area contributed by atoms with E-state index in [4.69, 9.17) is 21.1 Å². The number of hydrogen-bond donors (Lipinski definition) is 1. The Kier molecular flexibility index (Phi) is 3.22. The van der Waals surface area contributed by atoms with Crippen LogP contribution in [0.1, 0.15) is 25.5 Å². The SMILES string of the molecule is CC1(C)OC(CO)[C@@H](c2ccccc2Cl)O1. The Morgan fingerprint density at radius 2 is 2.00 bits per heavy atom. The van der Waals surface area contributed by atoms with Gasteiger partial charge in [0.2, 0.25) is 0 Å². The summed E-state index contributed by atoms with van der Waals surface area (Å²) in [6.07, 6.45) is -0.677. The molecular formula is C12H15ClO3. The first-order valence-corrected chi connectivity index (χ1v) is 5.62. The summed E-state index contributed by atoms with van der Waals surface area (Å²) in [6, 6.07) is 7.45. The topological polar surface area (TPSA) is 38.7 Å². The molecule has 1 saturated heterocycles. The van der Waals surface area contributed by atoms with E-state index >= 15 is 0 Å². The highest BCUT2D eigenvalue weighted by Crippen LogP contribution is 2.40. The van der Waals surface area contributed by atoms with Gasteiger partial charge in [0.25, 0.3) is 0 Å². The van der Waals surface area contributed by atoms with Crippen LogP contribution in [0.4, 0.5) is 0 Å². The van der Waals surface area contributed by atoms with Crippen LogP contribution in [0.25, 0.3) is 0 Å². The summed E-state index contributed by atoms with van der Waals surface area (Å²) >= 11 is 6.10. The van der Waals surface area contributed by atoms with Gasteiger partial charge in [-0.05, 0) is 19.9 Å². The highest BCUT2D eigenvalue weighted by atomic mass is 35.5. The van der Waals surface area contributed by atoms with Crippen LogP contribution in [0.3, 0.4) is 0 Å². The molecule has 0 aromatic heterocycles. The number of halogens is 1. The maximum absolute atomic E-state index is 9.27. The molecule has 1 aromatic carbocycles. The highest BCUT2D eigenvalue weighted by molar-refractivity contribution is 6.31. The summed E-state index contributed by atoms with van der Waals surface area (Å²) in [4.78, 5) is 0. The van der Waals surface area contributed by atoms with Crippen molar-refractivity contribution in [1.82, 2.24) is 0 Å². The molecule has 0 amide bonds. The Morgan fingerprint density at radius 1 is 1.31 bits per heavy atom. The second-order valence-electron chi connectivity index (χ2n) is 4.30. The van der Waals surface area contributed by atoms with Crippen LogP contribution in [0.5, 0.6) is 0 Å². The van der Waals surface area contributed by atoms with Gasteiger partial charge in [0.05, 0.1) is 6.61 Å². The van der Waals surface area contributed by atoms with Crippen molar-refractivity contribution in [3.05, 3.63) is 34.9 Å². The molecule has 16 heavy (non-hydrogen) atoms. The maximum Gasteiger partial charge on any atom is 0.164 e. The number of benzene rings is 1. The molecule has 2 atom stereocenters. The van der Waals surface area contributed by atoms with Gasteiger partial charge in [-0.1, -0.05) is 29.8 Å². The summed E-state index contributed by atoms with van der Waals surface area (Å²) < 4.78 is 11.3. The normalized spacial score (nSPS) is 28.2. The quantitative estimate of drug-likeness (QED) is 0.866. The molecule has 1 aromatic rings. The predicted octanol–water partition coefficient (Wildman–Crippen LogP) is 2.52. The zero-order chi connectivity index (χ0) is 11.8. The molecule has 1 unspecified atom stereocenters. The third kappa shape index (κ3) is 2.23. The smallest absolute Gasteiger partial charge is 0.164 e. The Labute approximate surface area is 99.9 Å². The molecule has 1 aliphatic rings. The Balaban J connectivity index is 2.30. The van der Waals surface area contributed by atoms with Crippen molar-refractivity contribution < 1.29 is 14.6 Å². The molecule has 1 fully saturated rings. The minimum Gasteiger partial charge on any atom is -0.394 e. The molecular weight excluding hydrogens is 228 g/mol. The van der Waals surface area contributed by atoms with Gasteiger partial charge in [-0.2, -0.15) is 0 Å². The fourth-order valence-electron chi connectivity index (χ4n) is 1.94. The molecule has 1 aliphatic heterocycles. The summed E-state index contributed by atoms with van der Waals surface area (Å²) in [5, 5.41) is 9.90. The molecule has 4 heteroatoms. The third-order valence-corrected chi connectivity index (χ3v) is 2.92. The molecule has 0 spiro atoms. The summed E-state index contributed by atoms with van der Waals surface area (Å²) in [5.74, 6) is -0.683. The van der Waals surface area contributed by atoms with Crippen LogP contribution < -0.4 is 0 Å². The molecule has 0 aliphatic carbocycles. The van der Waals surface area contributed by atoms with Crippen molar-refractivity contribution in [2.75, 3.05) is 6.61 Å².